The Kier molecular flexibility index (Phi) is 5.81. The summed E-state index contributed by atoms with van der Waals surface area (Å²) in [4.78, 5) is 12.3. The smallest absolute Gasteiger partial charge is 0.257 e. The third kappa shape index (κ3) is 4.47. The average molecular weight is 366 g/mol. The van der Waals surface area contributed by atoms with E-state index >= 15 is 0 Å². The van der Waals surface area contributed by atoms with Crippen molar-refractivity contribution in [2.24, 2.45) is 0 Å². The first-order valence-corrected chi connectivity index (χ1v) is 9.49. The maximum atomic E-state index is 12.3. The lowest BCUT2D eigenvalue weighted by Crippen LogP contribution is -2.24. The fourth-order valence-corrected chi connectivity index (χ4v) is 3.53. The minimum atomic E-state index is -3.69. The van der Waals surface area contributed by atoms with Crippen LogP contribution in [0.15, 0.2) is 41.8 Å². The first-order valence-electron chi connectivity index (χ1n) is 7.19. The van der Waals surface area contributed by atoms with Crippen molar-refractivity contribution in [3.63, 3.8) is 0 Å². The van der Waals surface area contributed by atoms with Crippen molar-refractivity contribution in [3.8, 4) is 0 Å². The van der Waals surface area contributed by atoms with Crippen LogP contribution in [0.1, 0.15) is 35.1 Å². The molecular formula is C15H18N4O3S2. The van der Waals surface area contributed by atoms with Crippen molar-refractivity contribution >= 4 is 32.4 Å². The molecule has 128 valence electrons. The van der Waals surface area contributed by atoms with Gasteiger partial charge in [-0.1, -0.05) is 37.3 Å². The molecule has 2 aromatic rings. The summed E-state index contributed by atoms with van der Waals surface area (Å²) in [5.41, 5.74) is 0.220. The van der Waals surface area contributed by atoms with Crippen LogP contribution in [0.4, 0.5) is 5.13 Å². The van der Waals surface area contributed by atoms with Crippen molar-refractivity contribution in [3.05, 3.63) is 47.5 Å². The van der Waals surface area contributed by atoms with E-state index in [0.29, 0.717) is 5.13 Å². The highest BCUT2D eigenvalue weighted by molar-refractivity contribution is 7.89. The first-order chi connectivity index (χ1) is 11.3. The number of amides is 1. The number of anilines is 1. The molecule has 1 amide bonds. The number of nitrogens with one attached hydrogen (secondary N) is 2. The monoisotopic (exact) mass is 366 g/mol. The van der Waals surface area contributed by atoms with Gasteiger partial charge in [-0.15, -0.1) is 16.8 Å². The number of aromatic nitrogens is 2. The number of sulfonamides is 1. The molecule has 2 N–H and O–H groups in total. The summed E-state index contributed by atoms with van der Waals surface area (Å²) in [6.07, 6.45) is 1.44. The number of hydrogen-bond donors (Lipinski definition) is 2. The van der Waals surface area contributed by atoms with Gasteiger partial charge in [-0.2, -0.15) is 0 Å². The van der Waals surface area contributed by atoms with Gasteiger partial charge in [0.2, 0.25) is 15.2 Å². The molecule has 24 heavy (non-hydrogen) atoms. The Morgan fingerprint density at radius 3 is 2.75 bits per heavy atom. The lowest BCUT2D eigenvalue weighted by atomic mass is 10.2. The fraction of sp³-hybridized carbons (Fsp3) is 0.267. The number of rotatable bonds is 7. The largest absolute Gasteiger partial charge is 0.296 e. The molecule has 0 bridgehead atoms. The van der Waals surface area contributed by atoms with Gasteiger partial charge in [-0.25, -0.2) is 13.1 Å². The van der Waals surface area contributed by atoms with Crippen LogP contribution in [0.3, 0.4) is 0 Å². The van der Waals surface area contributed by atoms with Crippen LogP contribution in [0.25, 0.3) is 0 Å². The van der Waals surface area contributed by atoms with E-state index in [0.717, 1.165) is 5.01 Å². The third-order valence-corrected chi connectivity index (χ3v) is 5.54. The number of carbonyl (C=O) groups excluding carboxylic acids is 1. The summed E-state index contributed by atoms with van der Waals surface area (Å²) in [6, 6.07) is 5.78. The summed E-state index contributed by atoms with van der Waals surface area (Å²) in [5, 5.41) is 11.7. The van der Waals surface area contributed by atoms with Crippen molar-refractivity contribution in [1.82, 2.24) is 14.9 Å². The molecule has 0 fully saturated rings. The Bertz CT molecular complexity index is 844. The van der Waals surface area contributed by atoms with Gasteiger partial charge < -0.3 is 0 Å². The molecule has 0 aliphatic heterocycles. The lowest BCUT2D eigenvalue weighted by Gasteiger charge is -2.07. The van der Waals surface area contributed by atoms with Crippen LogP contribution in [-0.4, -0.2) is 31.1 Å². The van der Waals surface area contributed by atoms with Gasteiger partial charge in [0, 0.05) is 18.0 Å². The summed E-state index contributed by atoms with van der Waals surface area (Å²) in [6.45, 7) is 7.54. The predicted molar refractivity (Wildman–Crippen MR) is 93.8 cm³/mol. The lowest BCUT2D eigenvalue weighted by molar-refractivity contribution is 0.102. The van der Waals surface area contributed by atoms with Crippen LogP contribution >= 0.6 is 11.3 Å². The van der Waals surface area contributed by atoms with Crippen LogP contribution in [-0.2, 0) is 10.0 Å². The normalized spacial score (nSPS) is 11.5. The van der Waals surface area contributed by atoms with Crippen molar-refractivity contribution in [1.29, 1.82) is 0 Å². The second-order valence-corrected chi connectivity index (χ2v) is 8.00. The van der Waals surface area contributed by atoms with Crippen molar-refractivity contribution in [2.45, 2.75) is 24.7 Å². The summed E-state index contributed by atoms with van der Waals surface area (Å²) in [5.74, 6) is -0.222. The minimum Gasteiger partial charge on any atom is -0.296 e. The maximum Gasteiger partial charge on any atom is 0.257 e. The van der Waals surface area contributed by atoms with Gasteiger partial charge >= 0.3 is 0 Å². The summed E-state index contributed by atoms with van der Waals surface area (Å²) in [7, 11) is -3.69. The zero-order valence-corrected chi connectivity index (χ0v) is 14.9. The van der Waals surface area contributed by atoms with E-state index in [9.17, 15) is 13.2 Å². The zero-order chi connectivity index (χ0) is 17.7. The van der Waals surface area contributed by atoms with E-state index in [-0.39, 0.29) is 22.9 Å². The molecule has 0 aliphatic rings. The van der Waals surface area contributed by atoms with Gasteiger partial charge in [0.1, 0.15) is 5.01 Å². The van der Waals surface area contributed by atoms with E-state index in [1.165, 1.54) is 41.7 Å². The topological polar surface area (TPSA) is 101 Å². The Labute approximate surface area is 144 Å². The molecule has 0 aliphatic carbocycles. The van der Waals surface area contributed by atoms with E-state index in [4.69, 9.17) is 0 Å². The summed E-state index contributed by atoms with van der Waals surface area (Å²) < 4.78 is 26.5. The Morgan fingerprint density at radius 1 is 1.38 bits per heavy atom. The molecule has 2 rings (SSSR count). The van der Waals surface area contributed by atoms with Gasteiger partial charge in [-0.3, -0.25) is 10.1 Å². The van der Waals surface area contributed by atoms with Gasteiger partial charge in [0.15, 0.2) is 0 Å². The van der Waals surface area contributed by atoms with E-state index < -0.39 is 15.9 Å². The minimum absolute atomic E-state index is 0.0112. The Hall–Kier alpha value is -2.10. The molecule has 0 atom stereocenters. The predicted octanol–water partition coefficient (Wildman–Crippen LogP) is 2.38. The molecule has 7 nitrogen and oxygen atoms in total. The summed E-state index contributed by atoms with van der Waals surface area (Å²) >= 11 is 1.29. The molecule has 0 spiro atoms. The molecule has 1 aromatic carbocycles. The van der Waals surface area contributed by atoms with E-state index in [1.807, 2.05) is 13.8 Å². The van der Waals surface area contributed by atoms with Crippen molar-refractivity contribution in [2.75, 3.05) is 11.9 Å². The highest BCUT2D eigenvalue weighted by atomic mass is 32.2. The average Bonchev–Trinajstić information content (AvgIpc) is 3.02. The second kappa shape index (κ2) is 7.65. The third-order valence-electron chi connectivity index (χ3n) is 2.98. The highest BCUT2D eigenvalue weighted by Gasteiger charge is 2.16. The number of carbonyl (C=O) groups is 1. The van der Waals surface area contributed by atoms with Crippen LogP contribution in [0, 0.1) is 0 Å². The molecule has 0 saturated heterocycles. The Morgan fingerprint density at radius 2 is 2.12 bits per heavy atom. The number of nitrogens with zero attached hydrogens (tertiary/aromatic N) is 2. The standard InChI is InChI=1S/C15H18N4O3S2/c1-4-8-16-24(21,22)12-7-5-6-11(9-12)13(20)17-15-19-18-14(23-15)10(2)3/h4-7,9-10,16H,1,8H2,2-3H3,(H,17,19,20). The van der Waals surface area contributed by atoms with Gasteiger partial charge in [0.05, 0.1) is 4.90 Å². The second-order valence-electron chi connectivity index (χ2n) is 5.22. The fourth-order valence-electron chi connectivity index (χ4n) is 1.74. The van der Waals surface area contributed by atoms with E-state index in [1.54, 1.807) is 0 Å². The van der Waals surface area contributed by atoms with Crippen LogP contribution < -0.4 is 10.0 Å². The SMILES string of the molecule is C=CCNS(=O)(=O)c1cccc(C(=O)Nc2nnc(C(C)C)s2)c1. The first kappa shape index (κ1) is 18.2. The Balaban J connectivity index is 2.18. The maximum absolute atomic E-state index is 12.3. The number of hydrogen-bond acceptors (Lipinski definition) is 6. The number of benzene rings is 1. The molecule has 0 unspecified atom stereocenters. The molecule has 0 saturated carbocycles. The quantitative estimate of drug-likeness (QED) is 0.733. The van der Waals surface area contributed by atoms with Crippen LogP contribution in [0.2, 0.25) is 0 Å². The van der Waals surface area contributed by atoms with Gasteiger partial charge in [-0.05, 0) is 18.2 Å². The molecular weight excluding hydrogens is 348 g/mol. The molecule has 0 radical (unpaired) electrons. The molecule has 9 heteroatoms. The van der Waals surface area contributed by atoms with Crippen LogP contribution in [0.5, 0.6) is 0 Å². The van der Waals surface area contributed by atoms with Crippen molar-refractivity contribution < 1.29 is 13.2 Å². The van der Waals surface area contributed by atoms with E-state index in [2.05, 4.69) is 26.8 Å². The van der Waals surface area contributed by atoms with Gasteiger partial charge in [0.25, 0.3) is 5.91 Å². The highest BCUT2D eigenvalue weighted by Crippen LogP contribution is 2.23. The molecule has 1 aromatic heterocycles. The molecule has 1 heterocycles. The zero-order valence-electron chi connectivity index (χ0n) is 13.3.